The minimum absolute atomic E-state index is 0.0319. The number of nitrogens with one attached hydrogen (secondary N) is 1. The van der Waals surface area contributed by atoms with E-state index in [4.69, 9.17) is 4.74 Å². The Hall–Kier alpha value is -4.45. The van der Waals surface area contributed by atoms with Gasteiger partial charge in [0.05, 0.1) is 17.1 Å². The molecule has 2 aromatic carbocycles. The summed E-state index contributed by atoms with van der Waals surface area (Å²) in [5.74, 6) is -0.882. The van der Waals surface area contributed by atoms with E-state index in [0.717, 1.165) is 24.9 Å². The fourth-order valence-corrected chi connectivity index (χ4v) is 6.96. The van der Waals surface area contributed by atoms with Gasteiger partial charge in [-0.1, -0.05) is 13.0 Å². The summed E-state index contributed by atoms with van der Waals surface area (Å²) in [6.45, 7) is 3.59. The lowest BCUT2D eigenvalue weighted by Gasteiger charge is -2.31. The van der Waals surface area contributed by atoms with E-state index in [1.165, 1.54) is 24.4 Å². The van der Waals surface area contributed by atoms with Crippen LogP contribution in [0, 0.1) is 11.6 Å². The average molecular weight is 604 g/mol. The van der Waals surface area contributed by atoms with Crippen LogP contribution in [-0.4, -0.2) is 73.6 Å². The van der Waals surface area contributed by atoms with E-state index in [1.807, 2.05) is 18.9 Å². The highest BCUT2D eigenvalue weighted by atomic mass is 19.1. The zero-order valence-corrected chi connectivity index (χ0v) is 24.4. The third-order valence-corrected chi connectivity index (χ3v) is 8.97. The number of benzene rings is 2. The van der Waals surface area contributed by atoms with Crippen LogP contribution in [0.5, 0.6) is 11.8 Å². The van der Waals surface area contributed by atoms with Gasteiger partial charge >= 0.3 is 6.01 Å². The van der Waals surface area contributed by atoms with Crippen LogP contribution < -0.4 is 9.64 Å². The molecule has 0 radical (unpaired) electrons. The van der Waals surface area contributed by atoms with Crippen LogP contribution in [0.3, 0.4) is 0 Å². The number of aromatic nitrogens is 5. The Morgan fingerprint density at radius 3 is 2.86 bits per heavy atom. The number of aryl methyl sites for hydroxylation is 1. The predicted molar refractivity (Wildman–Crippen MR) is 160 cm³/mol. The SMILES string of the molecule is CCc1c(F)ccc2cc(O)cc(-c3ncc4c(N(C)Cc5cn[nH]c5)nc(OC[C@@]56CCCN5C[C@H](F)C6)nc4c3F)c12. The maximum atomic E-state index is 16.7. The Bertz CT molecular complexity index is 1870. The van der Waals surface area contributed by atoms with Gasteiger partial charge in [0.25, 0.3) is 0 Å². The normalized spacial score (nSPS) is 20.1. The average Bonchev–Trinajstić information content (AvgIpc) is 3.72. The van der Waals surface area contributed by atoms with Crippen molar-refractivity contribution in [2.45, 2.75) is 50.9 Å². The Morgan fingerprint density at radius 2 is 2.07 bits per heavy atom. The molecule has 12 heteroatoms. The standard InChI is InChI=1S/C32H32F3N7O2/c1-3-22-25(34)6-5-19-9-21(43)10-23(26(19)22)28-27(35)29-24(14-36-28)30(41(2)15-18-12-37-38-13-18)40-31(39-29)44-17-32-7-4-8-42(32)16-20(33)11-32/h5-6,9-10,12-14,20,43H,3-4,7-8,11,15-17H2,1-2H3,(H,37,38)/t20-,32+/m1/s1. The number of alkyl halides is 1. The van der Waals surface area contributed by atoms with Crippen molar-refractivity contribution in [3.63, 3.8) is 0 Å². The molecule has 2 aliphatic heterocycles. The number of rotatable bonds is 8. The largest absolute Gasteiger partial charge is 0.508 e. The molecule has 0 bridgehead atoms. The number of phenolic OH excluding ortho intramolecular Hbond substituents is 1. The lowest BCUT2D eigenvalue weighted by atomic mass is 9.94. The van der Waals surface area contributed by atoms with Gasteiger partial charge in [-0.05, 0) is 60.3 Å². The molecule has 0 amide bonds. The molecular formula is C32H32F3N7O2. The van der Waals surface area contributed by atoms with Crippen LogP contribution in [0.2, 0.25) is 0 Å². The number of pyridine rings is 1. The Morgan fingerprint density at radius 1 is 1.20 bits per heavy atom. The van der Waals surface area contributed by atoms with Crippen molar-refractivity contribution >= 4 is 27.5 Å². The van der Waals surface area contributed by atoms with E-state index < -0.39 is 23.3 Å². The summed E-state index contributed by atoms with van der Waals surface area (Å²) in [7, 11) is 1.81. The Kier molecular flexibility index (Phi) is 7.03. The van der Waals surface area contributed by atoms with Crippen molar-refractivity contribution in [2.75, 3.05) is 31.6 Å². The monoisotopic (exact) mass is 603 g/mol. The topological polar surface area (TPSA) is 103 Å². The summed E-state index contributed by atoms with van der Waals surface area (Å²) in [5.41, 5.74) is 0.982. The highest BCUT2D eigenvalue weighted by Crippen LogP contribution is 2.41. The summed E-state index contributed by atoms with van der Waals surface area (Å²) in [6.07, 6.45) is 6.50. The van der Waals surface area contributed by atoms with Gasteiger partial charge in [0.2, 0.25) is 0 Å². The number of hydrogen-bond acceptors (Lipinski definition) is 8. The summed E-state index contributed by atoms with van der Waals surface area (Å²) < 4.78 is 52.2. The van der Waals surface area contributed by atoms with E-state index in [1.54, 1.807) is 18.5 Å². The fraction of sp³-hybridized carbons (Fsp3) is 0.375. The lowest BCUT2D eigenvalue weighted by Crippen LogP contribution is -2.43. The quantitative estimate of drug-likeness (QED) is 0.233. The molecule has 0 spiro atoms. The molecule has 0 aliphatic carbocycles. The van der Waals surface area contributed by atoms with Gasteiger partial charge in [0.15, 0.2) is 5.82 Å². The second kappa shape index (κ2) is 10.9. The van der Waals surface area contributed by atoms with E-state index in [2.05, 4.69) is 30.0 Å². The molecule has 228 valence electrons. The number of phenols is 1. The van der Waals surface area contributed by atoms with Crippen molar-refractivity contribution in [3.8, 4) is 23.0 Å². The molecule has 0 saturated carbocycles. The van der Waals surface area contributed by atoms with Gasteiger partial charge in [-0.25, -0.2) is 13.2 Å². The van der Waals surface area contributed by atoms with Crippen LogP contribution >= 0.6 is 0 Å². The number of aromatic hydroxyl groups is 1. The van der Waals surface area contributed by atoms with Gasteiger partial charge in [0.1, 0.15) is 41.4 Å². The zero-order valence-electron chi connectivity index (χ0n) is 24.4. The van der Waals surface area contributed by atoms with Crippen molar-refractivity contribution < 1.29 is 23.0 Å². The van der Waals surface area contributed by atoms with Crippen LogP contribution in [-0.2, 0) is 13.0 Å². The molecule has 2 atom stereocenters. The van der Waals surface area contributed by atoms with Gasteiger partial charge in [-0.3, -0.25) is 15.0 Å². The highest BCUT2D eigenvalue weighted by molar-refractivity contribution is 6.01. The van der Waals surface area contributed by atoms with Crippen molar-refractivity contribution in [1.29, 1.82) is 0 Å². The number of halogens is 3. The molecule has 3 aromatic heterocycles. The fourth-order valence-electron chi connectivity index (χ4n) is 6.96. The lowest BCUT2D eigenvalue weighted by molar-refractivity contribution is 0.107. The maximum Gasteiger partial charge on any atom is 0.319 e. The maximum absolute atomic E-state index is 16.7. The highest BCUT2D eigenvalue weighted by Gasteiger charge is 2.49. The second-order valence-corrected chi connectivity index (χ2v) is 11.8. The van der Waals surface area contributed by atoms with E-state index >= 15 is 4.39 Å². The summed E-state index contributed by atoms with van der Waals surface area (Å²) in [5, 5.41) is 18.7. The Labute approximate surface area is 251 Å². The van der Waals surface area contributed by atoms with Gasteiger partial charge < -0.3 is 14.7 Å². The molecular weight excluding hydrogens is 571 g/mol. The van der Waals surface area contributed by atoms with Gasteiger partial charge in [-0.2, -0.15) is 15.1 Å². The number of ether oxygens (including phenoxy) is 1. The first-order valence-electron chi connectivity index (χ1n) is 14.8. The number of anilines is 1. The van der Waals surface area contributed by atoms with Crippen molar-refractivity contribution in [3.05, 3.63) is 65.6 Å². The minimum atomic E-state index is -0.922. The number of hydrogen-bond donors (Lipinski definition) is 2. The number of aromatic amines is 1. The second-order valence-electron chi connectivity index (χ2n) is 11.8. The third kappa shape index (κ3) is 4.77. The first-order chi connectivity index (χ1) is 21.3. The number of H-pyrrole nitrogens is 1. The molecule has 2 fully saturated rings. The van der Waals surface area contributed by atoms with Crippen molar-refractivity contribution in [1.82, 2.24) is 30.0 Å². The van der Waals surface area contributed by atoms with Crippen LogP contribution in [0.25, 0.3) is 32.9 Å². The van der Waals surface area contributed by atoms with E-state index in [9.17, 15) is 13.9 Å². The van der Waals surface area contributed by atoms with Gasteiger partial charge in [-0.15, -0.1) is 0 Å². The first-order valence-corrected chi connectivity index (χ1v) is 14.8. The predicted octanol–water partition coefficient (Wildman–Crippen LogP) is 5.71. The zero-order chi connectivity index (χ0) is 30.6. The molecule has 7 rings (SSSR count). The smallest absolute Gasteiger partial charge is 0.319 e. The molecule has 2 N–H and O–H groups in total. The van der Waals surface area contributed by atoms with E-state index in [-0.39, 0.29) is 35.1 Å². The molecule has 9 nitrogen and oxygen atoms in total. The van der Waals surface area contributed by atoms with Crippen LogP contribution in [0.15, 0.2) is 42.9 Å². The third-order valence-electron chi connectivity index (χ3n) is 8.97. The molecule has 5 heterocycles. The molecule has 2 aliphatic rings. The van der Waals surface area contributed by atoms with Crippen molar-refractivity contribution in [2.24, 2.45) is 0 Å². The summed E-state index contributed by atoms with van der Waals surface area (Å²) >= 11 is 0. The molecule has 5 aromatic rings. The summed E-state index contributed by atoms with van der Waals surface area (Å²) in [4.78, 5) is 17.6. The number of nitrogens with zero attached hydrogens (tertiary/aromatic N) is 6. The molecule has 2 saturated heterocycles. The molecule has 0 unspecified atom stereocenters. The summed E-state index contributed by atoms with van der Waals surface area (Å²) in [6, 6.07) is 5.77. The first kappa shape index (κ1) is 28.3. The number of fused-ring (bicyclic) bond motifs is 3. The van der Waals surface area contributed by atoms with Gasteiger partial charge in [0, 0.05) is 50.1 Å². The minimum Gasteiger partial charge on any atom is -0.508 e. The molecule has 44 heavy (non-hydrogen) atoms. The van der Waals surface area contributed by atoms with E-state index in [0.29, 0.717) is 53.5 Å². The van der Waals surface area contributed by atoms with Crippen LogP contribution in [0.1, 0.15) is 37.3 Å². The Balaban J connectivity index is 1.37. The van der Waals surface area contributed by atoms with Crippen LogP contribution in [0.4, 0.5) is 19.0 Å².